The largest absolute Gasteiger partial charge is 0.497 e. The average Bonchev–Trinajstić information content (AvgIpc) is 2.47. The summed E-state index contributed by atoms with van der Waals surface area (Å²) in [5.41, 5.74) is 2.82. The highest BCUT2D eigenvalue weighted by atomic mass is 35.5. The van der Waals surface area contributed by atoms with Crippen LogP contribution in [0.2, 0.25) is 5.15 Å². The molecule has 1 aromatic heterocycles. The monoisotopic (exact) mass is 276 g/mol. The molecular weight excluding hydrogens is 264 g/mol. The van der Waals surface area contributed by atoms with Crippen molar-refractivity contribution in [1.82, 2.24) is 9.97 Å². The second-order valence-electron chi connectivity index (χ2n) is 4.29. The molecule has 0 unspecified atom stereocenters. The number of hydrogen-bond donors (Lipinski definition) is 0. The van der Waals surface area contributed by atoms with Gasteiger partial charge in [0.15, 0.2) is 5.82 Å². The molecule has 1 aliphatic heterocycles. The minimum Gasteiger partial charge on any atom is -0.497 e. The van der Waals surface area contributed by atoms with Crippen molar-refractivity contribution in [1.29, 1.82) is 0 Å². The number of nitrogens with zero attached hydrogens (tertiary/aromatic N) is 2. The zero-order valence-corrected chi connectivity index (χ0v) is 11.3. The standard InChI is InChI=1S/C14H13ClN2O2/c1-18-10-4-2-9(3-5-10)14-16-12-6-7-19-8-11(12)13(15)17-14/h2-5H,6-8H2,1H3. The smallest absolute Gasteiger partial charge is 0.161 e. The minimum atomic E-state index is 0.482. The molecular formula is C14H13ClN2O2. The molecule has 2 aromatic rings. The SMILES string of the molecule is COc1ccc(-c2nc(Cl)c3c(n2)CCOC3)cc1. The number of aromatic nitrogens is 2. The molecule has 1 aromatic carbocycles. The van der Waals surface area contributed by atoms with Gasteiger partial charge in [-0.25, -0.2) is 9.97 Å². The van der Waals surface area contributed by atoms with Crippen molar-refractivity contribution in [2.45, 2.75) is 13.0 Å². The van der Waals surface area contributed by atoms with Crippen LogP contribution in [0.5, 0.6) is 5.75 Å². The van der Waals surface area contributed by atoms with Gasteiger partial charge in [0.1, 0.15) is 10.9 Å². The van der Waals surface area contributed by atoms with Gasteiger partial charge in [-0.3, -0.25) is 0 Å². The average molecular weight is 277 g/mol. The summed E-state index contributed by atoms with van der Waals surface area (Å²) in [6, 6.07) is 7.62. The first-order valence-electron chi connectivity index (χ1n) is 6.05. The summed E-state index contributed by atoms with van der Waals surface area (Å²) in [7, 11) is 1.64. The van der Waals surface area contributed by atoms with E-state index in [2.05, 4.69) is 9.97 Å². The Morgan fingerprint density at radius 2 is 2.00 bits per heavy atom. The summed E-state index contributed by atoms with van der Waals surface area (Å²) >= 11 is 6.20. The molecule has 19 heavy (non-hydrogen) atoms. The van der Waals surface area contributed by atoms with Crippen LogP contribution in [-0.2, 0) is 17.8 Å². The normalized spacial score (nSPS) is 14.0. The summed E-state index contributed by atoms with van der Waals surface area (Å²) < 4.78 is 10.5. The van der Waals surface area contributed by atoms with Crippen LogP contribution in [-0.4, -0.2) is 23.7 Å². The van der Waals surface area contributed by atoms with E-state index in [1.165, 1.54) is 0 Å². The van der Waals surface area contributed by atoms with E-state index in [9.17, 15) is 0 Å². The van der Waals surface area contributed by atoms with Crippen LogP contribution in [0.25, 0.3) is 11.4 Å². The molecule has 2 heterocycles. The van der Waals surface area contributed by atoms with E-state index in [1.807, 2.05) is 24.3 Å². The molecule has 1 aliphatic rings. The molecule has 0 bridgehead atoms. The van der Waals surface area contributed by atoms with Crippen molar-refractivity contribution in [3.8, 4) is 17.1 Å². The summed E-state index contributed by atoms with van der Waals surface area (Å²) in [5, 5.41) is 0.482. The third-order valence-electron chi connectivity index (χ3n) is 3.12. The summed E-state index contributed by atoms with van der Waals surface area (Å²) in [4.78, 5) is 8.93. The number of hydrogen-bond acceptors (Lipinski definition) is 4. The van der Waals surface area contributed by atoms with Crippen LogP contribution in [0.1, 0.15) is 11.3 Å². The fourth-order valence-corrected chi connectivity index (χ4v) is 2.31. The van der Waals surface area contributed by atoms with E-state index in [0.29, 0.717) is 24.2 Å². The van der Waals surface area contributed by atoms with Gasteiger partial charge in [-0.15, -0.1) is 0 Å². The van der Waals surface area contributed by atoms with Crippen LogP contribution in [0.4, 0.5) is 0 Å². The van der Waals surface area contributed by atoms with Crippen molar-refractivity contribution < 1.29 is 9.47 Å². The van der Waals surface area contributed by atoms with E-state index in [4.69, 9.17) is 21.1 Å². The number of halogens is 1. The predicted molar refractivity (Wildman–Crippen MR) is 72.4 cm³/mol. The molecule has 0 saturated heterocycles. The number of benzene rings is 1. The second-order valence-corrected chi connectivity index (χ2v) is 4.65. The topological polar surface area (TPSA) is 44.2 Å². The van der Waals surface area contributed by atoms with Gasteiger partial charge in [-0.1, -0.05) is 11.6 Å². The predicted octanol–water partition coefficient (Wildman–Crippen LogP) is 2.88. The van der Waals surface area contributed by atoms with Crippen LogP contribution in [0.15, 0.2) is 24.3 Å². The highest BCUT2D eigenvalue weighted by Crippen LogP contribution is 2.26. The highest BCUT2D eigenvalue weighted by Gasteiger charge is 2.17. The quantitative estimate of drug-likeness (QED) is 0.791. The second kappa shape index (κ2) is 5.15. The molecule has 5 heteroatoms. The Hall–Kier alpha value is -1.65. The number of ether oxygens (including phenoxy) is 2. The lowest BCUT2D eigenvalue weighted by atomic mass is 10.1. The summed E-state index contributed by atoms with van der Waals surface area (Å²) in [5.74, 6) is 1.45. The van der Waals surface area contributed by atoms with Crippen molar-refractivity contribution in [3.63, 3.8) is 0 Å². The molecule has 0 amide bonds. The van der Waals surface area contributed by atoms with Crippen LogP contribution in [0.3, 0.4) is 0 Å². The van der Waals surface area contributed by atoms with E-state index >= 15 is 0 Å². The van der Waals surface area contributed by atoms with Crippen molar-refractivity contribution in [2.75, 3.05) is 13.7 Å². The van der Waals surface area contributed by atoms with Crippen molar-refractivity contribution in [3.05, 3.63) is 40.7 Å². The molecule has 0 N–H and O–H groups in total. The maximum Gasteiger partial charge on any atom is 0.161 e. The third kappa shape index (κ3) is 2.41. The van der Waals surface area contributed by atoms with Crippen molar-refractivity contribution >= 4 is 11.6 Å². The van der Waals surface area contributed by atoms with Gasteiger partial charge in [0.2, 0.25) is 0 Å². The fourth-order valence-electron chi connectivity index (χ4n) is 2.06. The van der Waals surface area contributed by atoms with Gasteiger partial charge >= 0.3 is 0 Å². The van der Waals surface area contributed by atoms with Gasteiger partial charge < -0.3 is 9.47 Å². The molecule has 0 aliphatic carbocycles. The summed E-state index contributed by atoms with van der Waals surface area (Å²) in [6.07, 6.45) is 0.779. The zero-order chi connectivity index (χ0) is 13.2. The molecule has 4 nitrogen and oxygen atoms in total. The van der Waals surface area contributed by atoms with Crippen LogP contribution in [0, 0.1) is 0 Å². The number of fused-ring (bicyclic) bond motifs is 1. The molecule has 0 spiro atoms. The molecule has 0 radical (unpaired) electrons. The first kappa shape index (κ1) is 12.4. The van der Waals surface area contributed by atoms with Gasteiger partial charge in [0.05, 0.1) is 26.0 Å². The maximum absolute atomic E-state index is 6.20. The summed E-state index contributed by atoms with van der Waals surface area (Å²) in [6.45, 7) is 1.18. The lowest BCUT2D eigenvalue weighted by Crippen LogP contribution is -2.14. The Morgan fingerprint density at radius 1 is 1.21 bits per heavy atom. The Morgan fingerprint density at radius 3 is 2.74 bits per heavy atom. The Balaban J connectivity index is 2.02. The molecule has 3 rings (SSSR count). The highest BCUT2D eigenvalue weighted by molar-refractivity contribution is 6.30. The Bertz CT molecular complexity index is 599. The fraction of sp³-hybridized carbons (Fsp3) is 0.286. The molecule has 0 saturated carbocycles. The third-order valence-corrected chi connectivity index (χ3v) is 3.43. The van der Waals surface area contributed by atoms with Crippen molar-refractivity contribution in [2.24, 2.45) is 0 Å². The van der Waals surface area contributed by atoms with Crippen LogP contribution < -0.4 is 4.74 Å². The molecule has 0 fully saturated rings. The Labute approximate surface area is 116 Å². The van der Waals surface area contributed by atoms with Crippen LogP contribution >= 0.6 is 11.6 Å². The van der Waals surface area contributed by atoms with E-state index < -0.39 is 0 Å². The van der Waals surface area contributed by atoms with Gasteiger partial charge in [-0.2, -0.15) is 0 Å². The number of methoxy groups -OCH3 is 1. The zero-order valence-electron chi connectivity index (χ0n) is 10.5. The van der Waals surface area contributed by atoms with Gasteiger partial charge in [0, 0.05) is 17.5 Å². The van der Waals surface area contributed by atoms with Gasteiger partial charge in [-0.05, 0) is 24.3 Å². The number of rotatable bonds is 2. The van der Waals surface area contributed by atoms with Gasteiger partial charge in [0.25, 0.3) is 0 Å². The lowest BCUT2D eigenvalue weighted by Gasteiger charge is -2.17. The first-order valence-corrected chi connectivity index (χ1v) is 6.43. The maximum atomic E-state index is 6.20. The molecule has 0 atom stereocenters. The first-order chi connectivity index (χ1) is 9.28. The van der Waals surface area contributed by atoms with E-state index in [-0.39, 0.29) is 0 Å². The van der Waals surface area contributed by atoms with E-state index in [0.717, 1.165) is 29.0 Å². The lowest BCUT2D eigenvalue weighted by molar-refractivity contribution is 0.109. The molecule has 98 valence electrons. The van der Waals surface area contributed by atoms with E-state index in [1.54, 1.807) is 7.11 Å². The minimum absolute atomic E-state index is 0.482. The Kier molecular flexibility index (Phi) is 3.36.